The van der Waals surface area contributed by atoms with Crippen molar-refractivity contribution in [1.29, 1.82) is 0 Å². The van der Waals surface area contributed by atoms with E-state index in [1.54, 1.807) is 0 Å². The Morgan fingerprint density at radius 2 is 2.26 bits per heavy atom. The molecule has 0 aliphatic carbocycles. The van der Waals surface area contributed by atoms with Crippen molar-refractivity contribution in [1.82, 2.24) is 4.31 Å². The van der Waals surface area contributed by atoms with E-state index >= 15 is 0 Å². The van der Waals surface area contributed by atoms with Gasteiger partial charge in [-0.15, -0.1) is 0 Å². The van der Waals surface area contributed by atoms with Gasteiger partial charge in [0.15, 0.2) is 0 Å². The monoisotopic (exact) mass is 308 g/mol. The number of nitrogens with zero attached hydrogens (tertiary/aromatic N) is 1. The molecule has 0 radical (unpaired) electrons. The van der Waals surface area contributed by atoms with Crippen LogP contribution in [0.25, 0.3) is 0 Å². The molecule has 19 heavy (non-hydrogen) atoms. The summed E-state index contributed by atoms with van der Waals surface area (Å²) in [6.07, 6.45) is -0.370. The predicted octanol–water partition coefficient (Wildman–Crippen LogP) is 0.827. The highest BCUT2D eigenvalue weighted by atomic mass is 35.5. The summed E-state index contributed by atoms with van der Waals surface area (Å²) >= 11 is 5.72. The molecular formula is C11H14ClFN2O3S. The highest BCUT2D eigenvalue weighted by molar-refractivity contribution is 7.89. The minimum Gasteiger partial charge on any atom is -0.374 e. The maximum absolute atomic E-state index is 13.7. The zero-order valence-electron chi connectivity index (χ0n) is 10.1. The van der Waals surface area contributed by atoms with Gasteiger partial charge in [0.25, 0.3) is 0 Å². The van der Waals surface area contributed by atoms with Crippen LogP contribution in [0.5, 0.6) is 0 Å². The summed E-state index contributed by atoms with van der Waals surface area (Å²) in [5.41, 5.74) is 5.46. The topological polar surface area (TPSA) is 72.6 Å². The van der Waals surface area contributed by atoms with E-state index in [1.165, 1.54) is 10.4 Å². The largest absolute Gasteiger partial charge is 0.374 e. The van der Waals surface area contributed by atoms with E-state index in [2.05, 4.69) is 0 Å². The third kappa shape index (κ3) is 3.06. The van der Waals surface area contributed by atoms with E-state index in [4.69, 9.17) is 22.1 Å². The standard InChI is InChI=1S/C11H14ClFN2O3S/c12-8-1-2-10(13)11(5-8)19(16,17)15-3-4-18-9(6-14)7-15/h1-2,5,9H,3-4,6-7,14H2. The van der Waals surface area contributed by atoms with Crippen LogP contribution in [0.15, 0.2) is 23.1 Å². The van der Waals surface area contributed by atoms with Crippen LogP contribution in [-0.2, 0) is 14.8 Å². The number of sulfonamides is 1. The van der Waals surface area contributed by atoms with Gasteiger partial charge in [-0.1, -0.05) is 11.6 Å². The quantitative estimate of drug-likeness (QED) is 0.897. The number of rotatable bonds is 3. The minimum absolute atomic E-state index is 0.116. The number of nitrogens with two attached hydrogens (primary N) is 1. The van der Waals surface area contributed by atoms with Crippen LogP contribution in [0.1, 0.15) is 0 Å². The van der Waals surface area contributed by atoms with Gasteiger partial charge < -0.3 is 10.5 Å². The summed E-state index contributed by atoms with van der Waals surface area (Å²) in [4.78, 5) is -0.419. The van der Waals surface area contributed by atoms with Gasteiger partial charge in [-0.3, -0.25) is 0 Å². The molecule has 1 aliphatic heterocycles. The summed E-state index contributed by atoms with van der Waals surface area (Å²) in [5, 5.41) is 0.170. The van der Waals surface area contributed by atoms with Crippen molar-refractivity contribution < 1.29 is 17.5 Å². The molecule has 2 rings (SSSR count). The lowest BCUT2D eigenvalue weighted by molar-refractivity contribution is 0.00445. The maximum Gasteiger partial charge on any atom is 0.246 e. The average molecular weight is 309 g/mol. The molecule has 1 heterocycles. The Labute approximate surface area is 116 Å². The molecular weight excluding hydrogens is 295 g/mol. The lowest BCUT2D eigenvalue weighted by atomic mass is 10.3. The van der Waals surface area contributed by atoms with Crippen LogP contribution in [0.2, 0.25) is 5.02 Å². The Kier molecular flexibility index (Phi) is 4.42. The van der Waals surface area contributed by atoms with E-state index in [1.807, 2.05) is 0 Å². The highest BCUT2D eigenvalue weighted by Crippen LogP contribution is 2.24. The Balaban J connectivity index is 2.34. The highest BCUT2D eigenvalue weighted by Gasteiger charge is 2.32. The van der Waals surface area contributed by atoms with E-state index in [0.29, 0.717) is 0 Å². The molecule has 2 N–H and O–H groups in total. The molecule has 1 saturated heterocycles. The van der Waals surface area contributed by atoms with Crippen molar-refractivity contribution >= 4 is 21.6 Å². The molecule has 1 aromatic rings. The predicted molar refractivity (Wildman–Crippen MR) is 69.0 cm³/mol. The fraction of sp³-hybridized carbons (Fsp3) is 0.455. The first kappa shape index (κ1) is 14.7. The number of hydrogen-bond donors (Lipinski definition) is 1. The van der Waals surface area contributed by atoms with Crippen LogP contribution in [0.4, 0.5) is 4.39 Å². The number of hydrogen-bond acceptors (Lipinski definition) is 4. The summed E-state index contributed by atoms with van der Waals surface area (Å²) in [6.45, 7) is 0.739. The van der Waals surface area contributed by atoms with Gasteiger partial charge in [0.1, 0.15) is 10.7 Å². The molecule has 1 atom stereocenters. The molecule has 1 unspecified atom stereocenters. The number of benzene rings is 1. The van der Waals surface area contributed by atoms with Gasteiger partial charge >= 0.3 is 0 Å². The second kappa shape index (κ2) is 5.72. The van der Waals surface area contributed by atoms with Gasteiger partial charge in [-0.05, 0) is 18.2 Å². The Hall–Kier alpha value is -0.730. The Bertz CT molecular complexity index is 567. The van der Waals surface area contributed by atoms with Gasteiger partial charge in [0, 0.05) is 24.7 Å². The summed E-state index contributed by atoms with van der Waals surface area (Å²) in [5.74, 6) is -0.819. The molecule has 0 amide bonds. The Morgan fingerprint density at radius 3 is 2.95 bits per heavy atom. The molecule has 5 nitrogen and oxygen atoms in total. The van der Waals surface area contributed by atoms with Gasteiger partial charge in [-0.25, -0.2) is 12.8 Å². The van der Waals surface area contributed by atoms with Crippen LogP contribution < -0.4 is 5.73 Å². The lowest BCUT2D eigenvalue weighted by Crippen LogP contribution is -2.48. The smallest absolute Gasteiger partial charge is 0.246 e. The van der Waals surface area contributed by atoms with Crippen LogP contribution in [0.3, 0.4) is 0 Å². The molecule has 1 aromatic carbocycles. The lowest BCUT2D eigenvalue weighted by Gasteiger charge is -2.31. The second-order valence-electron chi connectivity index (χ2n) is 4.17. The molecule has 1 fully saturated rings. The molecule has 1 aliphatic rings. The molecule has 106 valence electrons. The molecule has 0 aromatic heterocycles. The summed E-state index contributed by atoms with van der Waals surface area (Å²) in [6, 6.07) is 3.45. The van der Waals surface area contributed by atoms with Crippen molar-refractivity contribution in [3.05, 3.63) is 29.0 Å². The zero-order chi connectivity index (χ0) is 14.0. The van der Waals surface area contributed by atoms with Crippen molar-refractivity contribution in [3.63, 3.8) is 0 Å². The van der Waals surface area contributed by atoms with Crippen LogP contribution in [-0.4, -0.2) is 45.1 Å². The van der Waals surface area contributed by atoms with Gasteiger partial charge in [0.2, 0.25) is 10.0 Å². The van der Waals surface area contributed by atoms with Crippen molar-refractivity contribution in [2.24, 2.45) is 5.73 Å². The first-order chi connectivity index (χ1) is 8.95. The number of halogens is 2. The van der Waals surface area contributed by atoms with E-state index in [0.717, 1.165) is 12.1 Å². The maximum atomic E-state index is 13.7. The first-order valence-electron chi connectivity index (χ1n) is 5.72. The van der Waals surface area contributed by atoms with Crippen molar-refractivity contribution in [2.45, 2.75) is 11.0 Å². The third-order valence-electron chi connectivity index (χ3n) is 2.88. The summed E-state index contributed by atoms with van der Waals surface area (Å²) < 4.78 is 44.8. The van der Waals surface area contributed by atoms with Gasteiger partial charge in [0.05, 0.1) is 12.7 Å². The van der Waals surface area contributed by atoms with Crippen molar-refractivity contribution in [2.75, 3.05) is 26.2 Å². The molecule has 0 bridgehead atoms. The molecule has 0 saturated carbocycles. The summed E-state index contributed by atoms with van der Waals surface area (Å²) in [7, 11) is -3.92. The zero-order valence-corrected chi connectivity index (χ0v) is 11.6. The van der Waals surface area contributed by atoms with Crippen LogP contribution in [0, 0.1) is 5.82 Å². The third-order valence-corrected chi connectivity index (χ3v) is 4.99. The fourth-order valence-electron chi connectivity index (χ4n) is 1.87. The first-order valence-corrected chi connectivity index (χ1v) is 7.54. The number of morpholine rings is 1. The van der Waals surface area contributed by atoms with E-state index in [-0.39, 0.29) is 37.4 Å². The second-order valence-corrected chi connectivity index (χ2v) is 6.51. The normalized spacial score (nSPS) is 21.5. The number of ether oxygens (including phenoxy) is 1. The molecule has 8 heteroatoms. The SMILES string of the molecule is NCC1CN(S(=O)(=O)c2cc(Cl)ccc2F)CCO1. The average Bonchev–Trinajstić information content (AvgIpc) is 2.41. The Morgan fingerprint density at radius 1 is 1.53 bits per heavy atom. The van der Waals surface area contributed by atoms with Crippen molar-refractivity contribution in [3.8, 4) is 0 Å². The van der Waals surface area contributed by atoms with E-state index in [9.17, 15) is 12.8 Å². The minimum atomic E-state index is -3.92. The van der Waals surface area contributed by atoms with E-state index < -0.39 is 20.7 Å². The van der Waals surface area contributed by atoms with Gasteiger partial charge in [-0.2, -0.15) is 4.31 Å². The molecule has 0 spiro atoms. The fourth-order valence-corrected chi connectivity index (χ4v) is 3.65. The van der Waals surface area contributed by atoms with Crippen LogP contribution >= 0.6 is 11.6 Å².